The van der Waals surface area contributed by atoms with Gasteiger partial charge in [0.2, 0.25) is 11.2 Å². The van der Waals surface area contributed by atoms with Crippen LogP contribution in [-0.4, -0.2) is 5.78 Å². The van der Waals surface area contributed by atoms with Crippen molar-refractivity contribution in [3.63, 3.8) is 0 Å². The van der Waals surface area contributed by atoms with Gasteiger partial charge in [0.15, 0.2) is 0 Å². The lowest BCUT2D eigenvalue weighted by Gasteiger charge is -2.08. The molecular formula is C24H24O5. The molecule has 3 aromatic rings. The quantitative estimate of drug-likeness (QED) is 0.519. The van der Waals surface area contributed by atoms with Crippen LogP contribution in [0.1, 0.15) is 23.8 Å². The van der Waals surface area contributed by atoms with Crippen LogP contribution in [0.25, 0.3) is 0 Å². The predicted octanol–water partition coefficient (Wildman–Crippen LogP) is 4.73. The third-order valence-corrected chi connectivity index (χ3v) is 3.85. The Balaban J connectivity index is 0.00000145. The van der Waals surface area contributed by atoms with Gasteiger partial charge in [-0.3, -0.25) is 9.59 Å². The normalized spacial score (nSPS) is 9.83. The van der Waals surface area contributed by atoms with E-state index in [1.807, 2.05) is 42.5 Å². The number of ketones is 1. The molecule has 0 aliphatic carbocycles. The van der Waals surface area contributed by atoms with Crippen molar-refractivity contribution in [2.45, 2.75) is 26.6 Å². The topological polar surface area (TPSA) is 65.7 Å². The van der Waals surface area contributed by atoms with Crippen molar-refractivity contribution in [1.29, 1.82) is 0 Å². The van der Waals surface area contributed by atoms with E-state index in [4.69, 9.17) is 13.9 Å². The van der Waals surface area contributed by atoms with Crippen LogP contribution in [0, 0.1) is 0 Å². The molecule has 0 N–H and O–H groups in total. The van der Waals surface area contributed by atoms with Crippen molar-refractivity contribution in [2.24, 2.45) is 0 Å². The van der Waals surface area contributed by atoms with Crippen molar-refractivity contribution in [1.82, 2.24) is 0 Å². The average Bonchev–Trinajstić information content (AvgIpc) is 2.74. The molecule has 29 heavy (non-hydrogen) atoms. The molecule has 0 fully saturated rings. The molecule has 0 radical (unpaired) electrons. The number of benzene rings is 2. The predicted molar refractivity (Wildman–Crippen MR) is 112 cm³/mol. The van der Waals surface area contributed by atoms with Crippen molar-refractivity contribution < 1.29 is 18.7 Å². The highest BCUT2D eigenvalue weighted by molar-refractivity contribution is 5.78. The summed E-state index contributed by atoms with van der Waals surface area (Å²) in [6.45, 7) is 7.98. The Morgan fingerprint density at radius 1 is 0.931 bits per heavy atom. The van der Waals surface area contributed by atoms with E-state index in [9.17, 15) is 9.59 Å². The number of ether oxygens (including phenoxy) is 2. The first-order valence-electron chi connectivity index (χ1n) is 9.10. The first-order valence-corrected chi connectivity index (χ1v) is 9.10. The van der Waals surface area contributed by atoms with Gasteiger partial charge < -0.3 is 13.9 Å². The molecule has 1 heterocycles. The van der Waals surface area contributed by atoms with Crippen molar-refractivity contribution >= 4 is 5.78 Å². The zero-order chi connectivity index (χ0) is 21.1. The van der Waals surface area contributed by atoms with Crippen LogP contribution < -0.4 is 14.9 Å². The number of Topliss-reactive ketones (excluding diaryl/α,β-unsaturated/α-hetero) is 1. The van der Waals surface area contributed by atoms with E-state index in [0.717, 1.165) is 11.1 Å². The fourth-order valence-corrected chi connectivity index (χ4v) is 2.50. The van der Waals surface area contributed by atoms with Gasteiger partial charge in [-0.2, -0.15) is 0 Å². The van der Waals surface area contributed by atoms with Gasteiger partial charge in [0.1, 0.15) is 36.8 Å². The van der Waals surface area contributed by atoms with Gasteiger partial charge in [0.05, 0.1) is 0 Å². The van der Waals surface area contributed by atoms with E-state index in [2.05, 4.69) is 13.2 Å². The number of hydrogen-bond donors (Lipinski definition) is 0. The summed E-state index contributed by atoms with van der Waals surface area (Å²) >= 11 is 0. The minimum absolute atomic E-state index is 0.111. The molecule has 0 saturated heterocycles. The smallest absolute Gasteiger partial charge is 0.227 e. The summed E-state index contributed by atoms with van der Waals surface area (Å²) in [6.07, 6.45) is 1.71. The zero-order valence-electron chi connectivity index (χ0n) is 16.4. The molecule has 150 valence electrons. The first-order chi connectivity index (χ1) is 14.1. The van der Waals surface area contributed by atoms with Gasteiger partial charge in [-0.25, -0.2) is 0 Å². The second-order valence-electron chi connectivity index (χ2n) is 6.16. The van der Waals surface area contributed by atoms with Crippen molar-refractivity contribution in [3.8, 4) is 11.5 Å². The third kappa shape index (κ3) is 7.14. The standard InChI is InChI=1S/C22H20O5.C2H4/c1-16(23)11-17-7-9-19(10-8-17)25-14-20-12-21(24)22(15-26-20)27-13-18-5-3-2-4-6-18;1-2/h2-10,12,15H,11,13-14H2,1H3;1-2H2. The van der Waals surface area contributed by atoms with Crippen LogP contribution >= 0.6 is 0 Å². The SMILES string of the molecule is C=C.CC(=O)Cc1ccc(OCc2cc(=O)c(OCc3ccccc3)co2)cc1. The highest BCUT2D eigenvalue weighted by atomic mass is 16.5. The summed E-state index contributed by atoms with van der Waals surface area (Å²) in [5.41, 5.74) is 1.64. The first kappa shape index (κ1) is 21.7. The molecule has 3 rings (SSSR count). The third-order valence-electron chi connectivity index (χ3n) is 3.85. The van der Waals surface area contributed by atoms with Crippen LogP contribution in [-0.2, 0) is 24.4 Å². The maximum atomic E-state index is 12.1. The molecule has 5 nitrogen and oxygen atoms in total. The molecule has 0 unspecified atom stereocenters. The molecular weight excluding hydrogens is 368 g/mol. The van der Waals surface area contributed by atoms with E-state index >= 15 is 0 Å². The maximum absolute atomic E-state index is 12.1. The van der Waals surface area contributed by atoms with Gasteiger partial charge in [-0.1, -0.05) is 42.5 Å². The Hall–Kier alpha value is -3.60. The van der Waals surface area contributed by atoms with Crippen LogP contribution in [0.4, 0.5) is 0 Å². The Kier molecular flexibility index (Phi) is 8.45. The molecule has 5 heteroatoms. The summed E-state index contributed by atoms with van der Waals surface area (Å²) in [4.78, 5) is 23.3. The minimum Gasteiger partial charge on any atom is -0.486 e. The van der Waals surface area contributed by atoms with Crippen LogP contribution in [0.2, 0.25) is 0 Å². The number of carbonyl (C=O) groups excluding carboxylic acids is 1. The molecule has 0 atom stereocenters. The van der Waals surface area contributed by atoms with Crippen LogP contribution in [0.15, 0.2) is 89.3 Å². The fourth-order valence-electron chi connectivity index (χ4n) is 2.50. The van der Waals surface area contributed by atoms with Gasteiger partial charge in [-0.05, 0) is 30.2 Å². The van der Waals surface area contributed by atoms with E-state index in [0.29, 0.717) is 24.5 Å². The molecule has 0 aliphatic rings. The minimum atomic E-state index is -0.257. The largest absolute Gasteiger partial charge is 0.486 e. The summed E-state index contributed by atoms with van der Waals surface area (Å²) < 4.78 is 16.6. The second kappa shape index (κ2) is 11.3. The van der Waals surface area contributed by atoms with Crippen LogP contribution in [0.5, 0.6) is 11.5 Å². The Bertz CT molecular complexity index is 959. The van der Waals surface area contributed by atoms with Gasteiger partial charge in [0, 0.05) is 12.5 Å². The van der Waals surface area contributed by atoms with E-state index in [-0.39, 0.29) is 23.6 Å². The summed E-state index contributed by atoms with van der Waals surface area (Å²) in [6, 6.07) is 18.2. The van der Waals surface area contributed by atoms with Gasteiger partial charge in [0.25, 0.3) is 0 Å². The van der Waals surface area contributed by atoms with Crippen molar-refractivity contribution in [3.05, 3.63) is 107 Å². The summed E-state index contributed by atoms with van der Waals surface area (Å²) in [5.74, 6) is 1.31. The summed E-state index contributed by atoms with van der Waals surface area (Å²) in [5, 5.41) is 0. The maximum Gasteiger partial charge on any atom is 0.227 e. The van der Waals surface area contributed by atoms with Crippen LogP contribution in [0.3, 0.4) is 0 Å². The fraction of sp³-hybridized carbons (Fsp3) is 0.167. The lowest BCUT2D eigenvalue weighted by Crippen LogP contribution is -2.09. The summed E-state index contributed by atoms with van der Waals surface area (Å²) in [7, 11) is 0. The van der Waals surface area contributed by atoms with E-state index < -0.39 is 0 Å². The molecule has 0 bridgehead atoms. The Labute approximate surface area is 170 Å². The number of hydrogen-bond acceptors (Lipinski definition) is 5. The molecule has 1 aromatic heterocycles. The molecule has 0 spiro atoms. The average molecular weight is 392 g/mol. The Morgan fingerprint density at radius 2 is 1.62 bits per heavy atom. The van der Waals surface area contributed by atoms with Gasteiger partial charge in [-0.15, -0.1) is 13.2 Å². The number of rotatable bonds is 8. The lowest BCUT2D eigenvalue weighted by molar-refractivity contribution is -0.116. The molecule has 0 amide bonds. The van der Waals surface area contributed by atoms with Gasteiger partial charge >= 0.3 is 0 Å². The highest BCUT2D eigenvalue weighted by Crippen LogP contribution is 2.15. The zero-order valence-corrected chi connectivity index (χ0v) is 16.4. The monoisotopic (exact) mass is 392 g/mol. The Morgan fingerprint density at radius 3 is 2.24 bits per heavy atom. The van der Waals surface area contributed by atoms with E-state index in [1.165, 1.54) is 12.3 Å². The van der Waals surface area contributed by atoms with E-state index in [1.54, 1.807) is 19.1 Å². The van der Waals surface area contributed by atoms with Crippen molar-refractivity contribution in [2.75, 3.05) is 0 Å². The highest BCUT2D eigenvalue weighted by Gasteiger charge is 2.06. The molecule has 2 aromatic carbocycles. The number of carbonyl (C=O) groups is 1. The molecule has 0 saturated carbocycles. The lowest BCUT2D eigenvalue weighted by atomic mass is 10.1. The molecule has 0 aliphatic heterocycles. The second-order valence-corrected chi connectivity index (χ2v) is 6.16.